The van der Waals surface area contributed by atoms with Crippen molar-refractivity contribution in [3.8, 4) is 0 Å². The average molecular weight is 1650 g/mol. The summed E-state index contributed by atoms with van der Waals surface area (Å²) in [5, 5.41) is 20.7. The van der Waals surface area contributed by atoms with Crippen molar-refractivity contribution in [2.75, 3.05) is 39.6 Å². The quantitative estimate of drug-likeness (QED) is 0.0146. The summed E-state index contributed by atoms with van der Waals surface area (Å²) in [7, 11) is -9.82. The van der Waals surface area contributed by atoms with Gasteiger partial charge in [-0.2, -0.15) is 0 Å². The van der Waals surface area contributed by atoms with E-state index >= 15 is 0 Å². The van der Waals surface area contributed by atoms with Crippen molar-refractivity contribution in [3.05, 3.63) is 170 Å². The van der Waals surface area contributed by atoms with E-state index in [-0.39, 0.29) is 19.3 Å². The summed E-state index contributed by atoms with van der Waals surface area (Å²) in [5.74, 6) is -1.60. The summed E-state index contributed by atoms with van der Waals surface area (Å²) in [5.41, 5.74) is 0. The van der Waals surface area contributed by atoms with Crippen LogP contribution in [0.4, 0.5) is 0 Å². The number of allylic oxidation sites excluding steroid dienone is 28. The van der Waals surface area contributed by atoms with Gasteiger partial charge in [0.2, 0.25) is 0 Å². The molecule has 0 spiro atoms. The number of esters is 3. The third kappa shape index (κ3) is 89.5. The molecule has 4 N–H and O–H groups in total. The van der Waals surface area contributed by atoms with Crippen LogP contribution in [0.2, 0.25) is 0 Å². The number of aliphatic hydroxyl groups is 2. The molecular formula is C97H164O16P2. The molecule has 0 fully saturated rings. The van der Waals surface area contributed by atoms with Gasteiger partial charge in [0.05, 0.1) is 26.4 Å². The largest absolute Gasteiger partial charge is 0.472 e. The highest BCUT2D eigenvalue weighted by Crippen LogP contribution is 2.45. The molecule has 0 aliphatic rings. The summed E-state index contributed by atoms with van der Waals surface area (Å²) < 4.78 is 61.4. The SMILES string of the molecule is CC/C=C\C/C=C\C/C=C\C/C=C\C/C=C\CCCCCCCCCCCCCCCCCCCC(=O)OCC(O)COP(=O)(O)OCC(O)COP(=O)(O)OCC(COC(=O)CCCCCCCCC/C=C\C/C=C\C/C=C\C/C=C\C/C=C\CC)OC(=O)CCCCCCCCC/C=C\C/C=C\C/C=C\C/C=C\CCCCC. The lowest BCUT2D eigenvalue weighted by Crippen LogP contribution is -2.30. The molecule has 0 rings (SSSR count). The first-order chi connectivity index (χ1) is 56.2. The lowest BCUT2D eigenvalue weighted by atomic mass is 10.0. The lowest BCUT2D eigenvalue weighted by molar-refractivity contribution is -0.161. The Kier molecular flexibility index (Phi) is 84.3. The molecule has 5 unspecified atom stereocenters. The van der Waals surface area contributed by atoms with E-state index in [2.05, 4.69) is 191 Å². The maximum absolute atomic E-state index is 13.1. The van der Waals surface area contributed by atoms with Gasteiger partial charge < -0.3 is 34.2 Å². The molecule has 115 heavy (non-hydrogen) atoms. The molecule has 0 aromatic carbocycles. The molecule has 0 heterocycles. The Hall–Kier alpha value is -5.09. The smallest absolute Gasteiger partial charge is 0.463 e. The molecule has 0 aromatic heterocycles. The van der Waals surface area contributed by atoms with Crippen molar-refractivity contribution < 1.29 is 75.8 Å². The highest BCUT2D eigenvalue weighted by atomic mass is 31.2. The number of aliphatic hydroxyl groups excluding tert-OH is 2. The van der Waals surface area contributed by atoms with Crippen LogP contribution in [0.3, 0.4) is 0 Å². The molecule has 0 bridgehead atoms. The molecule has 0 amide bonds. The van der Waals surface area contributed by atoms with Gasteiger partial charge in [-0.3, -0.25) is 32.5 Å². The fourth-order valence-electron chi connectivity index (χ4n) is 12.1. The van der Waals surface area contributed by atoms with Crippen LogP contribution in [0, 0.1) is 0 Å². The number of hydrogen-bond acceptors (Lipinski definition) is 14. The zero-order valence-electron chi connectivity index (χ0n) is 72.4. The van der Waals surface area contributed by atoms with Gasteiger partial charge in [-0.15, -0.1) is 0 Å². The van der Waals surface area contributed by atoms with E-state index in [4.69, 9.17) is 32.3 Å². The fourth-order valence-corrected chi connectivity index (χ4v) is 13.7. The van der Waals surface area contributed by atoms with E-state index in [9.17, 15) is 43.5 Å². The maximum Gasteiger partial charge on any atom is 0.472 e. The fraction of sp³-hybridized carbons (Fsp3) is 0.680. The Bertz CT molecular complexity index is 2770. The summed E-state index contributed by atoms with van der Waals surface area (Å²) in [6.45, 7) is 2.44. The molecule has 0 radical (unpaired) electrons. The number of carbonyl (C=O) groups is 3. The van der Waals surface area contributed by atoms with Crippen molar-refractivity contribution in [2.24, 2.45) is 0 Å². The van der Waals surface area contributed by atoms with Crippen molar-refractivity contribution in [1.29, 1.82) is 0 Å². The first kappa shape index (κ1) is 110. The zero-order chi connectivity index (χ0) is 83.6. The lowest BCUT2D eigenvalue weighted by Gasteiger charge is -2.21. The van der Waals surface area contributed by atoms with Crippen LogP contribution in [-0.4, -0.2) is 95.9 Å². The Labute approximate surface area is 701 Å². The highest BCUT2D eigenvalue weighted by Gasteiger charge is 2.29. The predicted molar refractivity (Wildman–Crippen MR) is 482 cm³/mol. The summed E-state index contributed by atoms with van der Waals surface area (Å²) in [4.78, 5) is 59.0. The first-order valence-electron chi connectivity index (χ1n) is 45.4. The second-order valence-corrected chi connectivity index (χ2v) is 32.9. The minimum Gasteiger partial charge on any atom is -0.463 e. The van der Waals surface area contributed by atoms with Gasteiger partial charge >= 0.3 is 33.6 Å². The molecule has 0 aromatic rings. The Morgan fingerprint density at radius 1 is 0.252 bits per heavy atom. The minimum absolute atomic E-state index is 0.0849. The zero-order valence-corrected chi connectivity index (χ0v) is 74.2. The number of ether oxygens (including phenoxy) is 3. The van der Waals surface area contributed by atoms with Gasteiger partial charge in [-0.25, -0.2) is 9.13 Å². The van der Waals surface area contributed by atoms with Crippen LogP contribution in [0.15, 0.2) is 170 Å². The molecule has 658 valence electrons. The number of phosphoric acid groups is 2. The van der Waals surface area contributed by atoms with Crippen LogP contribution < -0.4 is 0 Å². The van der Waals surface area contributed by atoms with E-state index in [0.29, 0.717) is 19.3 Å². The van der Waals surface area contributed by atoms with E-state index < -0.39 is 91.5 Å². The molecule has 0 aliphatic heterocycles. The summed E-state index contributed by atoms with van der Waals surface area (Å²) in [6.07, 6.45) is 114. The predicted octanol–water partition coefficient (Wildman–Crippen LogP) is 27.9. The molecule has 5 atom stereocenters. The Morgan fingerprint density at radius 3 is 0.730 bits per heavy atom. The Morgan fingerprint density at radius 2 is 0.461 bits per heavy atom. The first-order valence-corrected chi connectivity index (χ1v) is 48.4. The van der Waals surface area contributed by atoms with Crippen LogP contribution >= 0.6 is 15.6 Å². The Balaban J connectivity index is 4.59. The van der Waals surface area contributed by atoms with Crippen molar-refractivity contribution in [3.63, 3.8) is 0 Å². The summed E-state index contributed by atoms with van der Waals surface area (Å²) in [6, 6.07) is 0. The van der Waals surface area contributed by atoms with Gasteiger partial charge in [0.25, 0.3) is 0 Å². The molecule has 0 saturated heterocycles. The normalized spacial score (nSPS) is 14.6. The topological polar surface area (TPSA) is 231 Å². The van der Waals surface area contributed by atoms with Gasteiger partial charge in [0, 0.05) is 19.3 Å². The summed E-state index contributed by atoms with van der Waals surface area (Å²) >= 11 is 0. The number of hydrogen-bond donors (Lipinski definition) is 4. The van der Waals surface area contributed by atoms with Crippen molar-refractivity contribution in [2.45, 2.75) is 386 Å². The minimum atomic E-state index is -4.95. The van der Waals surface area contributed by atoms with Crippen molar-refractivity contribution >= 4 is 33.6 Å². The third-order valence-electron chi connectivity index (χ3n) is 18.9. The second-order valence-electron chi connectivity index (χ2n) is 30.0. The third-order valence-corrected chi connectivity index (χ3v) is 20.8. The van der Waals surface area contributed by atoms with Gasteiger partial charge in [-0.05, 0) is 154 Å². The monoisotopic (exact) mass is 1650 g/mol. The van der Waals surface area contributed by atoms with E-state index in [1.54, 1.807) is 0 Å². The number of rotatable bonds is 85. The van der Waals surface area contributed by atoms with Gasteiger partial charge in [0.15, 0.2) is 6.10 Å². The molecular weight excluding hydrogens is 1480 g/mol. The molecule has 18 heteroatoms. The van der Waals surface area contributed by atoms with Gasteiger partial charge in [-0.1, -0.05) is 364 Å². The number of carbonyl (C=O) groups excluding carboxylic acids is 3. The molecule has 16 nitrogen and oxygen atoms in total. The number of unbranched alkanes of at least 4 members (excludes halogenated alkanes) is 34. The average Bonchev–Trinajstić information content (AvgIpc) is 0.906. The van der Waals surface area contributed by atoms with Crippen LogP contribution in [0.25, 0.3) is 0 Å². The van der Waals surface area contributed by atoms with E-state index in [1.165, 1.54) is 116 Å². The standard InChI is InChI=1S/C97H164O16P2/c1-4-7-10-13-16-19-22-25-28-31-34-37-40-41-42-43-44-45-46-47-48-49-52-54-56-59-62-65-68-71-74-77-80-83-95(100)107-86-92(98)87-109-114(103,104)110-88-93(99)89-111-115(105,106)112-91-94(113-97(102)85-82-79-76-73-70-67-64-61-58-55-51-39-36-33-30-27-24-21-18-15-12-9-6-3)90-108-96(101)84-81-78-75-72-69-66-63-60-57-53-50-38-35-32-29-26-23-20-17-14-11-8-5-2/h7-8,10-11,16-21,25-30,34-39,41-42,53,55,57-58,92-94,98-99H,4-6,9,12-15,22-24,31-33,40,43-52,54,56,59-91H2,1-3H3,(H,103,104)(H,105,106)/b10-7-,11-8-,19-16-,20-17-,21-18-,28-25-,29-26-,30-27-,37-34-,38-35-,39-36-,42-41-,57-53-,58-55-. The van der Waals surface area contributed by atoms with E-state index in [0.717, 1.165) is 193 Å². The molecule has 0 aliphatic carbocycles. The van der Waals surface area contributed by atoms with Gasteiger partial charge in [0.1, 0.15) is 25.4 Å². The number of phosphoric ester groups is 2. The van der Waals surface area contributed by atoms with Crippen molar-refractivity contribution in [1.82, 2.24) is 0 Å². The molecule has 0 saturated carbocycles. The highest BCUT2D eigenvalue weighted by molar-refractivity contribution is 7.47. The van der Waals surface area contributed by atoms with Crippen LogP contribution in [0.5, 0.6) is 0 Å². The van der Waals surface area contributed by atoms with Crippen LogP contribution in [-0.2, 0) is 55.8 Å². The van der Waals surface area contributed by atoms with E-state index in [1.807, 2.05) is 0 Å². The second kappa shape index (κ2) is 88.2. The van der Waals surface area contributed by atoms with Crippen LogP contribution in [0.1, 0.15) is 367 Å². The maximum atomic E-state index is 13.1.